The Balaban J connectivity index is 1.51. The Kier molecular flexibility index (Phi) is 5.21. The first-order valence-corrected chi connectivity index (χ1v) is 9.46. The smallest absolute Gasteiger partial charge is 0.258 e. The Labute approximate surface area is 168 Å². The summed E-state index contributed by atoms with van der Waals surface area (Å²) in [7, 11) is 0. The van der Waals surface area contributed by atoms with Crippen LogP contribution in [0.5, 0.6) is 0 Å². The summed E-state index contributed by atoms with van der Waals surface area (Å²) in [5, 5.41) is 4.80. The maximum Gasteiger partial charge on any atom is 0.258 e. The highest BCUT2D eigenvalue weighted by Gasteiger charge is 2.12. The molecule has 9 heteroatoms. The summed E-state index contributed by atoms with van der Waals surface area (Å²) in [6, 6.07) is 11.0. The number of pyridine rings is 3. The first-order valence-electron chi connectivity index (χ1n) is 8.58. The first-order chi connectivity index (χ1) is 14.1. The molecule has 0 aliphatic rings. The van der Waals surface area contributed by atoms with E-state index >= 15 is 0 Å². The largest absolute Gasteiger partial charge is 0.309 e. The van der Waals surface area contributed by atoms with Crippen molar-refractivity contribution >= 4 is 22.4 Å². The third kappa shape index (κ3) is 4.41. The van der Waals surface area contributed by atoms with Crippen molar-refractivity contribution in [1.82, 2.24) is 19.5 Å². The summed E-state index contributed by atoms with van der Waals surface area (Å²) in [6.45, 7) is 0.262. The number of carbonyl (C=O) groups is 1. The lowest BCUT2D eigenvalue weighted by atomic mass is 10.2. The SMILES string of the molecule is O=C(Nc1nc(-c2ccc(F)cn2)cs1)c1ccc(=O)n(Cc2ccccn2)c1. The van der Waals surface area contributed by atoms with E-state index in [2.05, 4.69) is 20.3 Å². The van der Waals surface area contributed by atoms with E-state index in [1.165, 1.54) is 46.4 Å². The molecule has 0 bridgehead atoms. The van der Waals surface area contributed by atoms with Crippen LogP contribution < -0.4 is 10.9 Å². The number of hydrogen-bond acceptors (Lipinski definition) is 6. The van der Waals surface area contributed by atoms with Gasteiger partial charge in [0.1, 0.15) is 11.5 Å². The molecule has 7 nitrogen and oxygen atoms in total. The maximum absolute atomic E-state index is 13.0. The maximum atomic E-state index is 13.0. The predicted octanol–water partition coefficient (Wildman–Crippen LogP) is 3.20. The number of anilines is 1. The van der Waals surface area contributed by atoms with Crippen molar-refractivity contribution in [3.63, 3.8) is 0 Å². The number of nitrogens with zero attached hydrogens (tertiary/aromatic N) is 4. The van der Waals surface area contributed by atoms with E-state index in [1.54, 1.807) is 23.7 Å². The summed E-state index contributed by atoms with van der Waals surface area (Å²) in [6.07, 6.45) is 4.24. The molecular weight excluding hydrogens is 393 g/mol. The molecule has 1 N–H and O–H groups in total. The summed E-state index contributed by atoms with van der Waals surface area (Å²) in [4.78, 5) is 37.2. The standard InChI is InChI=1S/C20H14FN5O2S/c21-14-5-6-16(23-9-14)17-12-29-20(24-17)25-19(28)13-4-7-18(27)26(10-13)11-15-3-1-2-8-22-15/h1-10,12H,11H2,(H,24,25,28). The quantitative estimate of drug-likeness (QED) is 0.549. The number of carbonyl (C=O) groups excluding carboxylic acids is 1. The molecule has 0 aliphatic heterocycles. The second kappa shape index (κ2) is 8.11. The molecule has 0 aromatic carbocycles. The average Bonchev–Trinajstić information content (AvgIpc) is 3.19. The van der Waals surface area contributed by atoms with E-state index in [-0.39, 0.29) is 12.1 Å². The summed E-state index contributed by atoms with van der Waals surface area (Å²) < 4.78 is 14.4. The summed E-state index contributed by atoms with van der Waals surface area (Å²) in [5.41, 5.74) is 1.84. The van der Waals surface area contributed by atoms with Gasteiger partial charge >= 0.3 is 0 Å². The van der Waals surface area contributed by atoms with Crippen LogP contribution in [0.3, 0.4) is 0 Å². The molecule has 0 aliphatic carbocycles. The molecule has 1 amide bonds. The van der Waals surface area contributed by atoms with E-state index < -0.39 is 11.7 Å². The molecule has 0 saturated carbocycles. The van der Waals surface area contributed by atoms with Gasteiger partial charge < -0.3 is 4.57 Å². The van der Waals surface area contributed by atoms with Crippen LogP contribution in [-0.4, -0.2) is 25.4 Å². The molecule has 0 spiro atoms. The Bertz CT molecular complexity index is 1210. The van der Waals surface area contributed by atoms with Gasteiger partial charge in [0.25, 0.3) is 11.5 Å². The van der Waals surface area contributed by atoms with Gasteiger partial charge in [0.2, 0.25) is 0 Å². The van der Waals surface area contributed by atoms with Gasteiger partial charge in [-0.1, -0.05) is 6.07 Å². The lowest BCUT2D eigenvalue weighted by Crippen LogP contribution is -2.22. The summed E-state index contributed by atoms with van der Waals surface area (Å²) >= 11 is 1.23. The molecule has 4 heterocycles. The van der Waals surface area contributed by atoms with Crippen molar-refractivity contribution in [2.75, 3.05) is 5.32 Å². The Morgan fingerprint density at radius 2 is 2.00 bits per heavy atom. The van der Waals surface area contributed by atoms with E-state index in [4.69, 9.17) is 0 Å². The van der Waals surface area contributed by atoms with Gasteiger partial charge in [-0.05, 0) is 30.3 Å². The predicted molar refractivity (Wildman–Crippen MR) is 107 cm³/mol. The van der Waals surface area contributed by atoms with Crippen LogP contribution in [0, 0.1) is 5.82 Å². The molecule has 0 radical (unpaired) electrons. The van der Waals surface area contributed by atoms with E-state index in [1.807, 2.05) is 6.07 Å². The minimum atomic E-state index is -0.432. The van der Waals surface area contributed by atoms with Gasteiger partial charge in [0, 0.05) is 23.8 Å². The van der Waals surface area contributed by atoms with Crippen molar-refractivity contribution in [1.29, 1.82) is 0 Å². The Hall–Kier alpha value is -3.72. The Morgan fingerprint density at radius 3 is 2.76 bits per heavy atom. The fourth-order valence-electron chi connectivity index (χ4n) is 2.60. The third-order valence-electron chi connectivity index (χ3n) is 4.02. The van der Waals surface area contributed by atoms with Crippen LogP contribution in [0.2, 0.25) is 0 Å². The normalized spacial score (nSPS) is 10.7. The van der Waals surface area contributed by atoms with E-state index in [9.17, 15) is 14.0 Å². The van der Waals surface area contributed by atoms with Gasteiger partial charge in [0.15, 0.2) is 5.13 Å². The van der Waals surface area contributed by atoms with E-state index in [0.717, 1.165) is 6.20 Å². The molecule has 4 aromatic rings. The molecule has 4 rings (SSSR count). The number of hydrogen-bond donors (Lipinski definition) is 1. The highest BCUT2D eigenvalue weighted by Crippen LogP contribution is 2.23. The summed E-state index contributed by atoms with van der Waals surface area (Å²) in [5.74, 6) is -0.828. The number of amides is 1. The zero-order valence-electron chi connectivity index (χ0n) is 14.9. The lowest BCUT2D eigenvalue weighted by molar-refractivity contribution is 0.102. The highest BCUT2D eigenvalue weighted by molar-refractivity contribution is 7.14. The molecule has 0 atom stereocenters. The van der Waals surface area contributed by atoms with Crippen LogP contribution >= 0.6 is 11.3 Å². The van der Waals surface area contributed by atoms with Crippen molar-refractivity contribution in [3.8, 4) is 11.4 Å². The van der Waals surface area contributed by atoms with Crippen LogP contribution in [0.1, 0.15) is 16.1 Å². The first kappa shape index (κ1) is 18.6. The van der Waals surface area contributed by atoms with Crippen molar-refractivity contribution in [3.05, 3.63) is 93.9 Å². The van der Waals surface area contributed by atoms with Gasteiger partial charge in [-0.3, -0.25) is 24.9 Å². The highest BCUT2D eigenvalue weighted by atomic mass is 32.1. The van der Waals surface area contributed by atoms with Gasteiger partial charge in [0.05, 0.1) is 29.7 Å². The fourth-order valence-corrected chi connectivity index (χ4v) is 3.30. The second-order valence-electron chi connectivity index (χ2n) is 6.06. The van der Waals surface area contributed by atoms with Gasteiger partial charge in [-0.2, -0.15) is 0 Å². The lowest BCUT2D eigenvalue weighted by Gasteiger charge is -2.07. The Morgan fingerprint density at radius 1 is 1.10 bits per heavy atom. The van der Waals surface area contributed by atoms with Gasteiger partial charge in [-0.15, -0.1) is 11.3 Å². The number of nitrogens with one attached hydrogen (secondary N) is 1. The van der Waals surface area contributed by atoms with Crippen LogP contribution in [0.15, 0.2) is 71.2 Å². The molecule has 0 fully saturated rings. The van der Waals surface area contributed by atoms with Crippen LogP contribution in [-0.2, 0) is 6.54 Å². The second-order valence-corrected chi connectivity index (χ2v) is 6.92. The number of rotatable bonds is 5. The number of halogens is 1. The molecule has 0 unspecified atom stereocenters. The van der Waals surface area contributed by atoms with Crippen LogP contribution in [0.4, 0.5) is 9.52 Å². The molecule has 144 valence electrons. The van der Waals surface area contributed by atoms with Crippen molar-refractivity contribution in [2.45, 2.75) is 6.54 Å². The monoisotopic (exact) mass is 407 g/mol. The zero-order valence-corrected chi connectivity index (χ0v) is 15.8. The third-order valence-corrected chi connectivity index (χ3v) is 4.78. The molecular formula is C20H14FN5O2S. The van der Waals surface area contributed by atoms with Crippen molar-refractivity contribution < 1.29 is 9.18 Å². The van der Waals surface area contributed by atoms with Gasteiger partial charge in [-0.25, -0.2) is 9.37 Å². The number of thiazole rings is 1. The fraction of sp³-hybridized carbons (Fsp3) is 0.0500. The molecule has 4 aromatic heterocycles. The minimum Gasteiger partial charge on any atom is -0.309 e. The van der Waals surface area contributed by atoms with Crippen molar-refractivity contribution in [2.24, 2.45) is 0 Å². The molecule has 0 saturated heterocycles. The topological polar surface area (TPSA) is 89.8 Å². The zero-order chi connectivity index (χ0) is 20.2. The van der Waals surface area contributed by atoms with E-state index in [0.29, 0.717) is 27.8 Å². The average molecular weight is 407 g/mol. The molecule has 29 heavy (non-hydrogen) atoms. The van der Waals surface area contributed by atoms with Crippen LogP contribution in [0.25, 0.3) is 11.4 Å². The minimum absolute atomic E-state index is 0.230. The number of aromatic nitrogens is 4.